The first-order chi connectivity index (χ1) is 11.2. The predicted octanol–water partition coefficient (Wildman–Crippen LogP) is 3.09. The molecule has 3 rings (SSSR count). The first kappa shape index (κ1) is 16.0. The molecule has 1 aliphatic heterocycles. The fourth-order valence-electron chi connectivity index (χ4n) is 2.63. The molecule has 1 aliphatic rings. The lowest BCUT2D eigenvalue weighted by atomic mass is 10.1. The third-order valence-electron chi connectivity index (χ3n) is 3.79. The second-order valence-electron chi connectivity index (χ2n) is 5.41. The number of rotatable bonds is 3. The fourth-order valence-corrected chi connectivity index (χ4v) is 3.16. The number of halogens is 1. The maximum Gasteiger partial charge on any atom is 0.171 e. The highest BCUT2D eigenvalue weighted by Gasteiger charge is 2.21. The Hall–Kier alpha value is -1.92. The summed E-state index contributed by atoms with van der Waals surface area (Å²) in [6, 6.07) is 7.89. The third-order valence-corrected chi connectivity index (χ3v) is 4.30. The van der Waals surface area contributed by atoms with Crippen molar-refractivity contribution in [2.24, 2.45) is 0 Å². The van der Waals surface area contributed by atoms with E-state index in [0.29, 0.717) is 16.2 Å². The Kier molecular flexibility index (Phi) is 5.25. The molecule has 2 N–H and O–H groups in total. The highest BCUT2D eigenvalue weighted by Crippen LogP contribution is 2.25. The third kappa shape index (κ3) is 4.30. The zero-order valence-electron chi connectivity index (χ0n) is 12.6. The standard InChI is InChI=1S/C16H18ClN5S/c17-14-4-2-8-19-15(14)22-9-5-12(6-10-22)20-16(23)21-13-3-1-7-18-11-13/h1-4,7-8,11-12H,5-6,9-10H2,(H2,20,21,23). The van der Waals surface area contributed by atoms with Crippen LogP contribution in [0.2, 0.25) is 5.02 Å². The van der Waals surface area contributed by atoms with Gasteiger partial charge in [-0.05, 0) is 49.3 Å². The molecule has 5 nitrogen and oxygen atoms in total. The molecule has 0 aliphatic carbocycles. The Morgan fingerprint density at radius 3 is 2.70 bits per heavy atom. The molecule has 0 bridgehead atoms. The molecule has 0 amide bonds. The van der Waals surface area contributed by atoms with Gasteiger partial charge in [0, 0.05) is 31.5 Å². The number of thiocarbonyl (C=S) groups is 1. The smallest absolute Gasteiger partial charge is 0.171 e. The highest BCUT2D eigenvalue weighted by molar-refractivity contribution is 7.80. The summed E-state index contributed by atoms with van der Waals surface area (Å²) in [5.41, 5.74) is 0.891. The van der Waals surface area contributed by atoms with Crippen LogP contribution in [-0.2, 0) is 0 Å². The van der Waals surface area contributed by atoms with Crippen LogP contribution in [-0.4, -0.2) is 34.2 Å². The molecule has 0 radical (unpaired) electrons. The monoisotopic (exact) mass is 347 g/mol. The van der Waals surface area contributed by atoms with Crippen molar-refractivity contribution in [3.05, 3.63) is 47.9 Å². The van der Waals surface area contributed by atoms with E-state index < -0.39 is 0 Å². The van der Waals surface area contributed by atoms with Gasteiger partial charge in [0.2, 0.25) is 0 Å². The molecule has 0 spiro atoms. The summed E-state index contributed by atoms with van der Waals surface area (Å²) >= 11 is 11.6. The number of piperidine rings is 1. The van der Waals surface area contributed by atoms with Gasteiger partial charge in [0.1, 0.15) is 5.82 Å². The Balaban J connectivity index is 1.49. The van der Waals surface area contributed by atoms with Crippen LogP contribution in [0.3, 0.4) is 0 Å². The second kappa shape index (κ2) is 7.57. The van der Waals surface area contributed by atoms with Crippen molar-refractivity contribution in [1.82, 2.24) is 15.3 Å². The molecule has 0 atom stereocenters. The maximum atomic E-state index is 6.21. The number of pyridine rings is 2. The molecule has 0 aromatic carbocycles. The average Bonchev–Trinajstić information content (AvgIpc) is 2.57. The average molecular weight is 348 g/mol. The first-order valence-electron chi connectivity index (χ1n) is 7.55. The molecule has 2 aromatic heterocycles. The Morgan fingerprint density at radius 2 is 2.00 bits per heavy atom. The zero-order chi connectivity index (χ0) is 16.1. The van der Waals surface area contributed by atoms with Crippen molar-refractivity contribution in [3.8, 4) is 0 Å². The SMILES string of the molecule is S=C(Nc1cccnc1)NC1CCN(c2ncccc2Cl)CC1. The molecule has 120 valence electrons. The van der Waals surface area contributed by atoms with E-state index in [1.165, 1.54) is 0 Å². The molecule has 0 saturated carbocycles. The van der Waals surface area contributed by atoms with Gasteiger partial charge in [-0.2, -0.15) is 0 Å². The fraction of sp³-hybridized carbons (Fsp3) is 0.312. The second-order valence-corrected chi connectivity index (χ2v) is 6.23. The van der Waals surface area contributed by atoms with E-state index in [-0.39, 0.29) is 0 Å². The largest absolute Gasteiger partial charge is 0.360 e. The molecule has 3 heterocycles. The minimum Gasteiger partial charge on any atom is -0.360 e. The molecule has 1 fully saturated rings. The summed E-state index contributed by atoms with van der Waals surface area (Å²) in [6.45, 7) is 1.81. The van der Waals surface area contributed by atoms with Gasteiger partial charge in [-0.3, -0.25) is 4.98 Å². The number of aromatic nitrogens is 2. The summed E-state index contributed by atoms with van der Waals surface area (Å²) in [5, 5.41) is 7.85. The van der Waals surface area contributed by atoms with Gasteiger partial charge in [-0.1, -0.05) is 11.6 Å². The van der Waals surface area contributed by atoms with Crippen molar-refractivity contribution < 1.29 is 0 Å². The van der Waals surface area contributed by atoms with Crippen LogP contribution in [0.4, 0.5) is 11.5 Å². The van der Waals surface area contributed by atoms with E-state index in [1.54, 1.807) is 18.6 Å². The number of hydrogen-bond donors (Lipinski definition) is 2. The number of nitrogens with zero attached hydrogens (tertiary/aromatic N) is 3. The number of anilines is 2. The minimum absolute atomic E-state index is 0.352. The Morgan fingerprint density at radius 1 is 1.22 bits per heavy atom. The van der Waals surface area contributed by atoms with Gasteiger partial charge in [0.25, 0.3) is 0 Å². The summed E-state index contributed by atoms with van der Waals surface area (Å²) < 4.78 is 0. The van der Waals surface area contributed by atoms with Crippen LogP contribution in [0.5, 0.6) is 0 Å². The van der Waals surface area contributed by atoms with Gasteiger partial charge >= 0.3 is 0 Å². The van der Waals surface area contributed by atoms with E-state index in [4.69, 9.17) is 23.8 Å². The summed E-state index contributed by atoms with van der Waals surface area (Å²) in [7, 11) is 0. The van der Waals surface area contributed by atoms with E-state index in [9.17, 15) is 0 Å². The summed E-state index contributed by atoms with van der Waals surface area (Å²) in [4.78, 5) is 10.7. The predicted molar refractivity (Wildman–Crippen MR) is 98.1 cm³/mol. The molecule has 0 unspecified atom stereocenters. The quantitative estimate of drug-likeness (QED) is 0.832. The minimum atomic E-state index is 0.352. The molecule has 23 heavy (non-hydrogen) atoms. The van der Waals surface area contributed by atoms with Gasteiger partial charge in [-0.25, -0.2) is 4.98 Å². The van der Waals surface area contributed by atoms with Gasteiger partial charge in [0.05, 0.1) is 16.9 Å². The van der Waals surface area contributed by atoms with E-state index >= 15 is 0 Å². The first-order valence-corrected chi connectivity index (χ1v) is 8.34. The van der Waals surface area contributed by atoms with E-state index in [1.807, 2.05) is 24.3 Å². The zero-order valence-corrected chi connectivity index (χ0v) is 14.1. The lowest BCUT2D eigenvalue weighted by molar-refractivity contribution is 0.466. The van der Waals surface area contributed by atoms with Crippen molar-refractivity contribution in [1.29, 1.82) is 0 Å². The van der Waals surface area contributed by atoms with Crippen molar-refractivity contribution >= 4 is 40.4 Å². The van der Waals surface area contributed by atoms with Gasteiger partial charge < -0.3 is 15.5 Å². The van der Waals surface area contributed by atoms with Crippen molar-refractivity contribution in [3.63, 3.8) is 0 Å². The van der Waals surface area contributed by atoms with Crippen LogP contribution in [0.15, 0.2) is 42.9 Å². The van der Waals surface area contributed by atoms with Crippen LogP contribution >= 0.6 is 23.8 Å². The maximum absolute atomic E-state index is 6.21. The molecular formula is C16H18ClN5S. The lowest BCUT2D eigenvalue weighted by Crippen LogP contribution is -2.46. The Bertz CT molecular complexity index is 659. The summed E-state index contributed by atoms with van der Waals surface area (Å²) in [6.07, 6.45) is 7.24. The molecule has 1 saturated heterocycles. The highest BCUT2D eigenvalue weighted by atomic mass is 35.5. The Labute approximate surface area is 146 Å². The summed E-state index contributed by atoms with van der Waals surface area (Å²) in [5.74, 6) is 0.865. The molecule has 2 aromatic rings. The van der Waals surface area contributed by atoms with Crippen molar-refractivity contribution in [2.75, 3.05) is 23.3 Å². The molecule has 7 heteroatoms. The normalized spacial score (nSPS) is 15.3. The van der Waals surface area contributed by atoms with Gasteiger partial charge in [-0.15, -0.1) is 0 Å². The van der Waals surface area contributed by atoms with E-state index in [2.05, 4.69) is 25.5 Å². The van der Waals surface area contributed by atoms with Crippen LogP contribution in [0.1, 0.15) is 12.8 Å². The van der Waals surface area contributed by atoms with Crippen LogP contribution < -0.4 is 15.5 Å². The van der Waals surface area contributed by atoms with Crippen LogP contribution in [0, 0.1) is 0 Å². The topological polar surface area (TPSA) is 53.1 Å². The van der Waals surface area contributed by atoms with Crippen molar-refractivity contribution in [2.45, 2.75) is 18.9 Å². The number of nitrogens with one attached hydrogen (secondary N) is 2. The molecular weight excluding hydrogens is 330 g/mol. The lowest BCUT2D eigenvalue weighted by Gasteiger charge is -2.34. The van der Waals surface area contributed by atoms with Crippen LogP contribution in [0.25, 0.3) is 0 Å². The van der Waals surface area contributed by atoms with E-state index in [0.717, 1.165) is 37.4 Å². The van der Waals surface area contributed by atoms with Gasteiger partial charge in [0.15, 0.2) is 5.11 Å². The number of hydrogen-bond acceptors (Lipinski definition) is 4.